The maximum atomic E-state index is 13.6. The Kier molecular flexibility index (Phi) is 19.8. The van der Waals surface area contributed by atoms with E-state index in [-0.39, 0.29) is 36.9 Å². The maximum Gasteiger partial charge on any atom is 0.303 e. The minimum atomic E-state index is -4.00. The van der Waals surface area contributed by atoms with E-state index in [9.17, 15) is 24.3 Å². The van der Waals surface area contributed by atoms with Crippen LogP contribution in [0.2, 0.25) is 0 Å². The second-order valence-electron chi connectivity index (χ2n) is 17.7. The van der Waals surface area contributed by atoms with Crippen molar-refractivity contribution in [2.24, 2.45) is 0 Å². The van der Waals surface area contributed by atoms with E-state index in [0.717, 1.165) is 55.4 Å². The van der Waals surface area contributed by atoms with Crippen molar-refractivity contribution in [3.05, 3.63) is 180 Å². The SMILES string of the molecule is Cc1ccc2cccc(O)c2n1.Cc1ccc2cccc([O][Ga]([O]C(=O)CCC(=O)[O][Ga]([O]c3cccc4ccc(C)nc34)[O]c3cccc4ccc(C)nc34)[O]c3cccc4ccc(C)nc34)c2n1.O.O=C(O)CCC(=O)O. The predicted octanol–water partition coefficient (Wildman–Crippen LogP) is 9.93. The fraction of sp³-hybridized carbons (Fsp3) is 0.155. The molecule has 0 unspecified atom stereocenters. The summed E-state index contributed by atoms with van der Waals surface area (Å²) < 4.78 is 37.5. The van der Waals surface area contributed by atoms with Crippen molar-refractivity contribution < 1.29 is 61.1 Å². The predicted molar refractivity (Wildman–Crippen MR) is 298 cm³/mol. The quantitative estimate of drug-likeness (QED) is 0.0759. The van der Waals surface area contributed by atoms with Gasteiger partial charge in [0.2, 0.25) is 0 Å². The molecule has 0 aliphatic heterocycles. The first-order valence-corrected chi connectivity index (χ1v) is 30.5. The van der Waals surface area contributed by atoms with Gasteiger partial charge in [-0.3, -0.25) is 9.59 Å². The average Bonchev–Trinajstić information content (AvgIpc) is 3.48. The molecule has 0 atom stereocenters. The molecule has 0 radical (unpaired) electrons. The molecule has 0 aliphatic rings. The summed E-state index contributed by atoms with van der Waals surface area (Å²) in [7, 11) is 0. The number of aryl methyl sites for hydroxylation is 5. The van der Waals surface area contributed by atoms with Gasteiger partial charge in [0.25, 0.3) is 0 Å². The molecule has 400 valence electrons. The van der Waals surface area contributed by atoms with Gasteiger partial charge in [0.15, 0.2) is 0 Å². The van der Waals surface area contributed by atoms with E-state index in [1.54, 1.807) is 30.3 Å². The van der Waals surface area contributed by atoms with Crippen LogP contribution in [0.15, 0.2) is 152 Å². The number of carbonyl (C=O) groups is 4. The van der Waals surface area contributed by atoms with Gasteiger partial charge in [-0.25, -0.2) is 4.98 Å². The number of pyridine rings is 5. The van der Waals surface area contributed by atoms with Crippen molar-refractivity contribution in [2.45, 2.75) is 60.3 Å². The standard InChI is InChI=1S/5C10H9NO.2C4H6O4.2Ga.H2O/c5*1-7-5-6-8-3-2-4-9(12)10(8)11-7;2*5-3(6)1-2-4(7)8;;;/h5*2-6,12H,1H3;2*1-2H2,(H,5,6)(H,7,8);;;1H2/q;;;;;;;2*+3;/p-6. The summed E-state index contributed by atoms with van der Waals surface area (Å²) in [5.74, 6) is -1.61. The normalized spacial score (nSPS) is 10.5. The number of nitrogens with zero attached hydrogens (tertiary/aromatic N) is 5. The van der Waals surface area contributed by atoms with Crippen molar-refractivity contribution in [3.63, 3.8) is 0 Å². The van der Waals surface area contributed by atoms with Gasteiger partial charge in [-0.15, -0.1) is 0 Å². The second kappa shape index (κ2) is 27.0. The summed E-state index contributed by atoms with van der Waals surface area (Å²) >= 11 is -8.00. The van der Waals surface area contributed by atoms with Gasteiger partial charge in [-0.05, 0) is 19.1 Å². The molecule has 0 fully saturated rings. The number of carbonyl (C=O) groups excluding carboxylic acids is 2. The molecule has 0 spiro atoms. The van der Waals surface area contributed by atoms with Crippen molar-refractivity contribution in [1.82, 2.24) is 24.9 Å². The van der Waals surface area contributed by atoms with Gasteiger partial charge in [0.05, 0.1) is 12.8 Å². The first kappa shape index (κ1) is 58.0. The number of hydrogen-bond donors (Lipinski definition) is 3. The third-order valence-electron chi connectivity index (χ3n) is 11.6. The van der Waals surface area contributed by atoms with Gasteiger partial charge in [0, 0.05) is 11.1 Å². The third kappa shape index (κ3) is 15.9. The number of phenolic OH excluding ortho intramolecular Hbond substituents is 1. The topological polar surface area (TPSA) is 280 Å². The van der Waals surface area contributed by atoms with Crippen molar-refractivity contribution >= 4 is 113 Å². The zero-order valence-electron chi connectivity index (χ0n) is 43.6. The van der Waals surface area contributed by atoms with Crippen LogP contribution in [-0.2, 0) is 26.2 Å². The molecule has 10 rings (SSSR count). The summed E-state index contributed by atoms with van der Waals surface area (Å²) in [4.78, 5) is 69.3. The summed E-state index contributed by atoms with van der Waals surface area (Å²) in [6.07, 6.45) is -1.22. The molecule has 5 aromatic heterocycles. The van der Waals surface area contributed by atoms with E-state index in [1.165, 1.54) is 0 Å². The molecule has 5 aromatic carbocycles. The van der Waals surface area contributed by atoms with Crippen LogP contribution in [0.3, 0.4) is 0 Å². The Labute approximate surface area is 465 Å². The Morgan fingerprint density at radius 2 is 0.620 bits per heavy atom. The largest absolute Gasteiger partial charge is 0.481 e. The number of aromatic hydroxyl groups is 1. The van der Waals surface area contributed by atoms with Gasteiger partial charge in [-0.2, -0.15) is 0 Å². The summed E-state index contributed by atoms with van der Waals surface area (Å²) in [5.41, 5.74) is 7.23. The second-order valence-corrected chi connectivity index (χ2v) is 23.1. The van der Waals surface area contributed by atoms with E-state index in [2.05, 4.69) is 24.9 Å². The molecular weight excluding hydrogens is 1130 g/mol. The van der Waals surface area contributed by atoms with Crippen molar-refractivity contribution in [1.29, 1.82) is 0 Å². The number of hydrogen-bond acceptors (Lipinski definition) is 16. The first-order valence-electron chi connectivity index (χ1n) is 24.6. The Morgan fingerprint density at radius 1 is 0.367 bits per heavy atom. The monoisotopic (exact) mass is 1180 g/mol. The number of aromatic nitrogens is 5. The molecule has 79 heavy (non-hydrogen) atoms. The van der Waals surface area contributed by atoms with Crippen LogP contribution in [0.25, 0.3) is 54.5 Å². The van der Waals surface area contributed by atoms with Gasteiger partial charge in [0.1, 0.15) is 11.3 Å². The van der Waals surface area contributed by atoms with Crippen LogP contribution in [0.1, 0.15) is 54.2 Å². The van der Waals surface area contributed by atoms with Crippen LogP contribution < -0.4 is 14.1 Å². The molecule has 19 nitrogen and oxygen atoms in total. The van der Waals surface area contributed by atoms with E-state index in [0.29, 0.717) is 50.6 Å². The molecule has 0 saturated carbocycles. The maximum absolute atomic E-state index is 13.6. The zero-order chi connectivity index (χ0) is 55.3. The fourth-order valence-electron chi connectivity index (χ4n) is 7.79. The smallest absolute Gasteiger partial charge is 0.303 e. The number of aliphatic carboxylic acids is 2. The molecular formula is C58H53Ga2N5O14. The third-order valence-corrected chi connectivity index (χ3v) is 17.2. The minimum Gasteiger partial charge on any atom is -0.481 e. The Morgan fingerprint density at radius 3 is 0.899 bits per heavy atom. The van der Waals surface area contributed by atoms with Gasteiger partial charge in [-0.1, -0.05) is 18.2 Å². The van der Waals surface area contributed by atoms with E-state index < -0.39 is 58.5 Å². The zero-order valence-corrected chi connectivity index (χ0v) is 48.4. The average molecular weight is 1180 g/mol. The molecule has 0 bridgehead atoms. The van der Waals surface area contributed by atoms with Crippen LogP contribution in [0, 0.1) is 34.6 Å². The Balaban J connectivity index is 0.000000360. The minimum absolute atomic E-state index is 0. The Hall–Kier alpha value is -8.74. The van der Waals surface area contributed by atoms with Gasteiger partial charge < -0.3 is 20.8 Å². The first-order chi connectivity index (χ1) is 37.5. The van der Waals surface area contributed by atoms with Crippen molar-refractivity contribution in [3.8, 4) is 28.7 Å². The number of phenols is 1. The number of rotatable bonds is 16. The van der Waals surface area contributed by atoms with Crippen molar-refractivity contribution in [2.75, 3.05) is 0 Å². The molecule has 0 saturated heterocycles. The Bertz CT molecular complexity index is 3470. The van der Waals surface area contributed by atoms with Crippen LogP contribution in [0.4, 0.5) is 0 Å². The molecule has 0 aliphatic carbocycles. The summed E-state index contributed by atoms with van der Waals surface area (Å²) in [6.45, 7) is 9.46. The van der Waals surface area contributed by atoms with Crippen LogP contribution in [-0.4, -0.2) is 104 Å². The van der Waals surface area contributed by atoms with Gasteiger partial charge >= 0.3 is 360 Å². The van der Waals surface area contributed by atoms with E-state index in [1.807, 2.05) is 156 Å². The molecule has 5 N–H and O–H groups in total. The molecule has 5 heterocycles. The molecule has 21 heteroatoms. The summed E-state index contributed by atoms with van der Waals surface area (Å²) in [6, 6.07) is 46.8. The molecule has 10 aromatic rings. The molecule has 0 amide bonds. The van der Waals surface area contributed by atoms with E-state index in [4.69, 9.17) is 31.4 Å². The number of benzene rings is 5. The van der Waals surface area contributed by atoms with Crippen LogP contribution in [0.5, 0.6) is 28.7 Å². The number of fused-ring (bicyclic) bond motifs is 5. The number of carboxylic acid groups (broad SMARTS) is 2. The number of para-hydroxylation sites is 5. The van der Waals surface area contributed by atoms with Crippen LogP contribution >= 0.6 is 0 Å². The number of carboxylic acids is 2. The van der Waals surface area contributed by atoms with E-state index >= 15 is 0 Å². The summed E-state index contributed by atoms with van der Waals surface area (Å²) in [5, 5.41) is 29.6. The fourth-order valence-corrected chi connectivity index (χ4v) is 13.1.